The minimum absolute atomic E-state index is 0.0335. The van der Waals surface area contributed by atoms with E-state index in [1.165, 1.54) is 17.8 Å². The Labute approximate surface area is 220 Å². The van der Waals surface area contributed by atoms with E-state index in [1.807, 2.05) is 49.6 Å². The maximum Gasteiger partial charge on any atom is 0.253 e. The van der Waals surface area contributed by atoms with Crippen molar-refractivity contribution in [2.45, 2.75) is 51.9 Å². The van der Waals surface area contributed by atoms with Crippen LogP contribution in [0.25, 0.3) is 0 Å². The molecule has 0 saturated carbocycles. The molecule has 1 atom stereocenters. The summed E-state index contributed by atoms with van der Waals surface area (Å²) < 4.78 is 1.92. The summed E-state index contributed by atoms with van der Waals surface area (Å²) in [6, 6.07) is 12.1. The van der Waals surface area contributed by atoms with Crippen LogP contribution in [0.5, 0.6) is 0 Å². The lowest BCUT2D eigenvalue weighted by Crippen LogP contribution is -2.34. The first-order valence-corrected chi connectivity index (χ1v) is 13.2. The summed E-state index contributed by atoms with van der Waals surface area (Å²) >= 11 is 13.5. The van der Waals surface area contributed by atoms with Crippen molar-refractivity contribution in [3.63, 3.8) is 0 Å². The second kappa shape index (κ2) is 12.4. The number of para-hydroxylation sites is 1. The van der Waals surface area contributed by atoms with Crippen LogP contribution in [0.15, 0.2) is 47.6 Å². The number of nitrogens with one attached hydrogen (secondary N) is 2. The van der Waals surface area contributed by atoms with Crippen LogP contribution in [-0.4, -0.2) is 32.3 Å². The number of halogens is 2. The van der Waals surface area contributed by atoms with E-state index in [1.54, 1.807) is 12.1 Å². The van der Waals surface area contributed by atoms with E-state index in [0.29, 0.717) is 28.1 Å². The molecule has 10 heteroatoms. The molecule has 0 bridgehead atoms. The third-order valence-electron chi connectivity index (χ3n) is 5.47. The predicted octanol–water partition coefficient (Wildman–Crippen LogP) is 6.03. The molecular formula is C25H29Cl2N5O2S. The van der Waals surface area contributed by atoms with Gasteiger partial charge in [-0.2, -0.15) is 0 Å². The topological polar surface area (TPSA) is 88.9 Å². The van der Waals surface area contributed by atoms with Gasteiger partial charge in [0.1, 0.15) is 0 Å². The van der Waals surface area contributed by atoms with Crippen molar-refractivity contribution in [1.29, 1.82) is 0 Å². The number of thioether (sulfide) groups is 1. The number of nitrogens with zero attached hydrogens (tertiary/aromatic N) is 3. The Balaban J connectivity index is 1.73. The lowest BCUT2D eigenvalue weighted by molar-refractivity contribution is -0.113. The number of aryl methyl sites for hydroxylation is 1. The second-order valence-corrected chi connectivity index (χ2v) is 10.0. The predicted molar refractivity (Wildman–Crippen MR) is 142 cm³/mol. The summed E-state index contributed by atoms with van der Waals surface area (Å²) in [6.07, 6.45) is 0.834. The fraction of sp³-hybridized carbons (Fsp3) is 0.360. The standard InChI is InChI=1S/C25H29Cl2N5O2S/c1-5-16-9-7-8-10-20(16)28-21(33)14-35-25-31-30-23(32(25)6-2)22(15(3)4)29-24(34)18-12-11-17(26)13-19(18)27/h7-13,15,22H,5-6,14H2,1-4H3,(H,28,33)(H,29,34)/t22-/m0/s1. The fourth-order valence-electron chi connectivity index (χ4n) is 3.62. The van der Waals surface area contributed by atoms with E-state index in [4.69, 9.17) is 23.2 Å². The summed E-state index contributed by atoms with van der Waals surface area (Å²) in [4.78, 5) is 25.6. The molecule has 1 heterocycles. The largest absolute Gasteiger partial charge is 0.342 e. The van der Waals surface area contributed by atoms with Crippen molar-refractivity contribution in [3.05, 3.63) is 69.5 Å². The first kappa shape index (κ1) is 27.0. The van der Waals surface area contributed by atoms with Crippen LogP contribution in [0, 0.1) is 5.92 Å². The molecule has 0 fully saturated rings. The molecule has 186 valence electrons. The number of hydrogen-bond acceptors (Lipinski definition) is 5. The normalized spacial score (nSPS) is 12.0. The van der Waals surface area contributed by atoms with Gasteiger partial charge >= 0.3 is 0 Å². The number of carbonyl (C=O) groups is 2. The zero-order valence-corrected chi connectivity index (χ0v) is 22.5. The van der Waals surface area contributed by atoms with Crippen molar-refractivity contribution in [1.82, 2.24) is 20.1 Å². The van der Waals surface area contributed by atoms with E-state index < -0.39 is 6.04 Å². The highest BCUT2D eigenvalue weighted by Gasteiger charge is 2.27. The Morgan fingerprint density at radius 1 is 1.09 bits per heavy atom. The number of benzene rings is 2. The third kappa shape index (κ3) is 6.78. The molecule has 3 rings (SSSR count). The molecular weight excluding hydrogens is 505 g/mol. The van der Waals surface area contributed by atoms with Gasteiger partial charge in [0.25, 0.3) is 5.91 Å². The van der Waals surface area contributed by atoms with Crippen molar-refractivity contribution >= 4 is 52.5 Å². The molecule has 0 spiro atoms. The summed E-state index contributed by atoms with van der Waals surface area (Å²) in [6.45, 7) is 8.61. The Morgan fingerprint density at radius 3 is 2.49 bits per heavy atom. The van der Waals surface area contributed by atoms with Gasteiger partial charge in [0.05, 0.1) is 22.4 Å². The molecule has 2 aromatic carbocycles. The first-order chi connectivity index (χ1) is 16.7. The highest BCUT2D eigenvalue weighted by molar-refractivity contribution is 7.99. The molecule has 2 N–H and O–H groups in total. The quantitative estimate of drug-likeness (QED) is 0.311. The van der Waals surface area contributed by atoms with Gasteiger partial charge in [-0.15, -0.1) is 10.2 Å². The zero-order valence-electron chi connectivity index (χ0n) is 20.1. The number of hydrogen-bond donors (Lipinski definition) is 2. The van der Waals surface area contributed by atoms with E-state index in [0.717, 1.165) is 17.7 Å². The fourth-order valence-corrected chi connectivity index (χ4v) is 4.93. The summed E-state index contributed by atoms with van der Waals surface area (Å²) in [7, 11) is 0. The average Bonchev–Trinajstić information content (AvgIpc) is 3.23. The van der Waals surface area contributed by atoms with Gasteiger partial charge in [-0.3, -0.25) is 9.59 Å². The van der Waals surface area contributed by atoms with E-state index >= 15 is 0 Å². The summed E-state index contributed by atoms with van der Waals surface area (Å²) in [5.74, 6) is 0.412. The molecule has 0 unspecified atom stereocenters. The minimum Gasteiger partial charge on any atom is -0.342 e. The monoisotopic (exact) mass is 533 g/mol. The van der Waals surface area contributed by atoms with Crippen molar-refractivity contribution in [2.75, 3.05) is 11.1 Å². The number of anilines is 1. The smallest absolute Gasteiger partial charge is 0.253 e. The van der Waals surface area contributed by atoms with Crippen LogP contribution in [0.3, 0.4) is 0 Å². The van der Waals surface area contributed by atoms with Crippen LogP contribution in [-0.2, 0) is 17.8 Å². The molecule has 3 aromatic rings. The van der Waals surface area contributed by atoms with Crippen LogP contribution < -0.4 is 10.6 Å². The lowest BCUT2D eigenvalue weighted by Gasteiger charge is -2.22. The molecule has 0 aliphatic rings. The maximum absolute atomic E-state index is 13.0. The van der Waals surface area contributed by atoms with Gasteiger partial charge in [-0.05, 0) is 49.1 Å². The maximum atomic E-state index is 13.0. The molecule has 0 aliphatic carbocycles. The molecule has 0 saturated heterocycles. The van der Waals surface area contributed by atoms with Crippen LogP contribution in [0.4, 0.5) is 5.69 Å². The van der Waals surface area contributed by atoms with Gasteiger partial charge < -0.3 is 15.2 Å². The highest BCUT2D eigenvalue weighted by atomic mass is 35.5. The molecule has 0 radical (unpaired) electrons. The van der Waals surface area contributed by atoms with Crippen LogP contribution in [0.1, 0.15) is 55.5 Å². The van der Waals surface area contributed by atoms with E-state index in [9.17, 15) is 9.59 Å². The highest BCUT2D eigenvalue weighted by Crippen LogP contribution is 2.27. The number of carbonyl (C=O) groups excluding carboxylic acids is 2. The molecule has 0 aliphatic heterocycles. The van der Waals surface area contributed by atoms with Crippen LogP contribution >= 0.6 is 35.0 Å². The van der Waals surface area contributed by atoms with E-state index in [-0.39, 0.29) is 28.5 Å². The number of amides is 2. The SMILES string of the molecule is CCc1ccccc1NC(=O)CSc1nnc([C@@H](NC(=O)c2ccc(Cl)cc2Cl)C(C)C)n1CC. The van der Waals surface area contributed by atoms with Gasteiger partial charge in [0, 0.05) is 17.3 Å². The third-order valence-corrected chi connectivity index (χ3v) is 6.99. The number of aromatic nitrogens is 3. The minimum atomic E-state index is -0.402. The van der Waals surface area contributed by atoms with Crippen molar-refractivity contribution < 1.29 is 9.59 Å². The van der Waals surface area contributed by atoms with E-state index in [2.05, 4.69) is 27.8 Å². The Bertz CT molecular complexity index is 1200. The summed E-state index contributed by atoms with van der Waals surface area (Å²) in [5, 5.41) is 16.0. The van der Waals surface area contributed by atoms with Crippen LogP contribution in [0.2, 0.25) is 10.0 Å². The Hall–Kier alpha value is -2.55. The second-order valence-electron chi connectivity index (χ2n) is 8.25. The van der Waals surface area contributed by atoms with Gasteiger partial charge in [0.2, 0.25) is 5.91 Å². The summed E-state index contributed by atoms with van der Waals surface area (Å²) in [5.41, 5.74) is 2.24. The van der Waals surface area contributed by atoms with Crippen molar-refractivity contribution in [3.8, 4) is 0 Å². The average molecular weight is 535 g/mol. The molecule has 2 amide bonds. The zero-order chi connectivity index (χ0) is 25.5. The number of rotatable bonds is 10. The van der Waals surface area contributed by atoms with Gasteiger partial charge in [-0.25, -0.2) is 0 Å². The molecule has 35 heavy (non-hydrogen) atoms. The lowest BCUT2D eigenvalue weighted by atomic mass is 10.0. The first-order valence-electron chi connectivity index (χ1n) is 11.4. The van der Waals surface area contributed by atoms with Gasteiger partial charge in [0.15, 0.2) is 11.0 Å². The Morgan fingerprint density at radius 2 is 1.83 bits per heavy atom. The van der Waals surface area contributed by atoms with Gasteiger partial charge in [-0.1, -0.05) is 73.9 Å². The van der Waals surface area contributed by atoms with Crippen molar-refractivity contribution in [2.24, 2.45) is 5.92 Å². The molecule has 1 aromatic heterocycles. The Kier molecular flexibility index (Phi) is 9.60. The molecule has 7 nitrogen and oxygen atoms in total.